The fourth-order valence-corrected chi connectivity index (χ4v) is 1.50. The van der Waals surface area contributed by atoms with Crippen molar-refractivity contribution in [3.05, 3.63) is 48.5 Å². The molecule has 0 saturated carbocycles. The lowest BCUT2D eigenvalue weighted by atomic mass is 9.95. The van der Waals surface area contributed by atoms with Crippen LogP contribution in [0.4, 0.5) is 0 Å². The second-order valence-corrected chi connectivity index (χ2v) is 4.91. The summed E-state index contributed by atoms with van der Waals surface area (Å²) >= 11 is 0. The molecule has 0 aliphatic heterocycles. The fraction of sp³-hybridized carbons (Fsp3) is 0.286. The van der Waals surface area contributed by atoms with Gasteiger partial charge in [-0.2, -0.15) is 0 Å². The zero-order valence-corrected chi connectivity index (χ0v) is 9.94. The van der Waals surface area contributed by atoms with E-state index in [2.05, 4.69) is 42.9 Å². The number of aromatic nitrogens is 2. The molecule has 16 heavy (non-hydrogen) atoms. The SMILES string of the molecule is CC(C)(C)c1ncc(-c2ccccc2)cn1. The van der Waals surface area contributed by atoms with Crippen molar-refractivity contribution in [1.29, 1.82) is 0 Å². The maximum Gasteiger partial charge on any atom is 0.133 e. The average Bonchev–Trinajstić information content (AvgIpc) is 2.29. The molecule has 0 unspecified atom stereocenters. The van der Waals surface area contributed by atoms with Gasteiger partial charge in [-0.05, 0) is 5.56 Å². The minimum absolute atomic E-state index is 0.00914. The van der Waals surface area contributed by atoms with Crippen LogP contribution in [0.2, 0.25) is 0 Å². The van der Waals surface area contributed by atoms with Crippen molar-refractivity contribution in [3.63, 3.8) is 0 Å². The molecule has 2 heteroatoms. The summed E-state index contributed by atoms with van der Waals surface area (Å²) in [7, 11) is 0. The first kappa shape index (κ1) is 10.8. The van der Waals surface area contributed by atoms with Crippen LogP contribution in [0.1, 0.15) is 26.6 Å². The Morgan fingerprint density at radius 1 is 0.812 bits per heavy atom. The number of nitrogens with zero attached hydrogens (tertiary/aromatic N) is 2. The van der Waals surface area contributed by atoms with Crippen LogP contribution >= 0.6 is 0 Å². The predicted molar refractivity (Wildman–Crippen MR) is 66.2 cm³/mol. The number of hydrogen-bond donors (Lipinski definition) is 0. The van der Waals surface area contributed by atoms with Gasteiger partial charge in [0.25, 0.3) is 0 Å². The smallest absolute Gasteiger partial charge is 0.133 e. The van der Waals surface area contributed by atoms with Crippen LogP contribution in [0.5, 0.6) is 0 Å². The van der Waals surface area contributed by atoms with Crippen molar-refractivity contribution in [2.45, 2.75) is 26.2 Å². The van der Waals surface area contributed by atoms with Crippen molar-refractivity contribution < 1.29 is 0 Å². The summed E-state index contributed by atoms with van der Waals surface area (Å²) in [4.78, 5) is 8.83. The summed E-state index contributed by atoms with van der Waals surface area (Å²) < 4.78 is 0. The Bertz CT molecular complexity index is 452. The van der Waals surface area contributed by atoms with Crippen molar-refractivity contribution in [2.24, 2.45) is 0 Å². The first-order valence-corrected chi connectivity index (χ1v) is 5.45. The molecule has 0 saturated heterocycles. The van der Waals surface area contributed by atoms with Crippen molar-refractivity contribution in [3.8, 4) is 11.1 Å². The zero-order valence-electron chi connectivity index (χ0n) is 9.94. The maximum absolute atomic E-state index is 4.42. The Kier molecular flexibility index (Phi) is 2.73. The highest BCUT2D eigenvalue weighted by atomic mass is 14.9. The van der Waals surface area contributed by atoms with Crippen LogP contribution in [0.25, 0.3) is 11.1 Å². The van der Waals surface area contributed by atoms with E-state index in [4.69, 9.17) is 0 Å². The van der Waals surface area contributed by atoms with Gasteiger partial charge in [0, 0.05) is 23.4 Å². The summed E-state index contributed by atoms with van der Waals surface area (Å²) in [6, 6.07) is 10.2. The van der Waals surface area contributed by atoms with E-state index in [1.165, 1.54) is 0 Å². The van der Waals surface area contributed by atoms with Gasteiger partial charge in [-0.15, -0.1) is 0 Å². The Labute approximate surface area is 96.4 Å². The van der Waals surface area contributed by atoms with Crippen molar-refractivity contribution >= 4 is 0 Å². The van der Waals surface area contributed by atoms with E-state index >= 15 is 0 Å². The third kappa shape index (κ3) is 2.27. The molecule has 2 rings (SSSR count). The number of benzene rings is 1. The summed E-state index contributed by atoms with van der Waals surface area (Å²) in [5.74, 6) is 0.882. The third-order valence-electron chi connectivity index (χ3n) is 2.43. The molecule has 0 spiro atoms. The third-order valence-corrected chi connectivity index (χ3v) is 2.43. The Balaban J connectivity index is 2.34. The zero-order chi connectivity index (χ0) is 11.6. The highest BCUT2D eigenvalue weighted by Gasteiger charge is 2.16. The molecule has 0 amide bonds. The summed E-state index contributed by atoms with van der Waals surface area (Å²) in [5, 5.41) is 0. The first-order valence-electron chi connectivity index (χ1n) is 5.45. The second kappa shape index (κ2) is 4.05. The molecule has 0 fully saturated rings. The molecule has 82 valence electrons. The quantitative estimate of drug-likeness (QED) is 0.723. The van der Waals surface area contributed by atoms with Crippen LogP contribution in [-0.4, -0.2) is 9.97 Å². The molecule has 0 aliphatic rings. The lowest BCUT2D eigenvalue weighted by Gasteiger charge is -2.16. The lowest BCUT2D eigenvalue weighted by molar-refractivity contribution is 0.545. The molecule has 1 aromatic carbocycles. The maximum atomic E-state index is 4.42. The second-order valence-electron chi connectivity index (χ2n) is 4.91. The molecule has 0 atom stereocenters. The average molecular weight is 212 g/mol. The summed E-state index contributed by atoms with van der Waals surface area (Å²) in [6.07, 6.45) is 3.78. The van der Waals surface area contributed by atoms with Crippen LogP contribution in [-0.2, 0) is 5.41 Å². The summed E-state index contributed by atoms with van der Waals surface area (Å²) in [6.45, 7) is 6.35. The van der Waals surface area contributed by atoms with Gasteiger partial charge in [-0.3, -0.25) is 0 Å². The molecular weight excluding hydrogens is 196 g/mol. The highest BCUT2D eigenvalue weighted by Crippen LogP contribution is 2.21. The Hall–Kier alpha value is -1.70. The van der Waals surface area contributed by atoms with E-state index in [0.29, 0.717) is 0 Å². The topological polar surface area (TPSA) is 25.8 Å². The van der Waals surface area contributed by atoms with Gasteiger partial charge in [-0.1, -0.05) is 51.1 Å². The molecule has 2 aromatic rings. The molecule has 0 radical (unpaired) electrons. The van der Waals surface area contributed by atoms with E-state index < -0.39 is 0 Å². The predicted octanol–water partition coefficient (Wildman–Crippen LogP) is 3.44. The minimum Gasteiger partial charge on any atom is -0.240 e. The summed E-state index contributed by atoms with van der Waals surface area (Å²) in [5.41, 5.74) is 2.23. The normalized spacial score (nSPS) is 11.4. The van der Waals surface area contributed by atoms with Gasteiger partial charge < -0.3 is 0 Å². The molecule has 1 aromatic heterocycles. The molecule has 1 heterocycles. The molecule has 2 nitrogen and oxygen atoms in total. The number of hydrogen-bond acceptors (Lipinski definition) is 2. The standard InChI is InChI=1S/C14H16N2/c1-14(2,3)13-15-9-12(10-16-13)11-7-5-4-6-8-11/h4-10H,1-3H3. The Morgan fingerprint density at radius 3 is 1.88 bits per heavy atom. The van der Waals surface area contributed by atoms with E-state index in [9.17, 15) is 0 Å². The largest absolute Gasteiger partial charge is 0.240 e. The van der Waals surface area contributed by atoms with Crippen LogP contribution < -0.4 is 0 Å². The van der Waals surface area contributed by atoms with Gasteiger partial charge in [-0.25, -0.2) is 9.97 Å². The molecule has 0 N–H and O–H groups in total. The number of rotatable bonds is 1. The molecule has 0 bridgehead atoms. The van der Waals surface area contributed by atoms with Gasteiger partial charge in [0.2, 0.25) is 0 Å². The Morgan fingerprint density at radius 2 is 1.38 bits per heavy atom. The van der Waals surface area contributed by atoms with Gasteiger partial charge >= 0.3 is 0 Å². The highest BCUT2D eigenvalue weighted by molar-refractivity contribution is 5.60. The molecular formula is C14H16N2. The van der Waals surface area contributed by atoms with Crippen molar-refractivity contribution in [1.82, 2.24) is 9.97 Å². The van der Waals surface area contributed by atoms with Crippen LogP contribution in [0, 0.1) is 0 Å². The first-order chi connectivity index (χ1) is 7.57. The van der Waals surface area contributed by atoms with Crippen LogP contribution in [0.15, 0.2) is 42.7 Å². The van der Waals surface area contributed by atoms with E-state index in [0.717, 1.165) is 17.0 Å². The van der Waals surface area contributed by atoms with E-state index in [-0.39, 0.29) is 5.41 Å². The van der Waals surface area contributed by atoms with Gasteiger partial charge in [0.05, 0.1) is 0 Å². The monoisotopic (exact) mass is 212 g/mol. The van der Waals surface area contributed by atoms with Crippen LogP contribution in [0.3, 0.4) is 0 Å². The fourth-order valence-electron chi connectivity index (χ4n) is 1.50. The van der Waals surface area contributed by atoms with Gasteiger partial charge in [0.1, 0.15) is 5.82 Å². The lowest BCUT2D eigenvalue weighted by Crippen LogP contribution is -2.15. The van der Waals surface area contributed by atoms with E-state index in [1.807, 2.05) is 30.6 Å². The van der Waals surface area contributed by atoms with Gasteiger partial charge in [0.15, 0.2) is 0 Å². The van der Waals surface area contributed by atoms with Crippen molar-refractivity contribution in [2.75, 3.05) is 0 Å². The van der Waals surface area contributed by atoms with E-state index in [1.54, 1.807) is 0 Å². The minimum atomic E-state index is 0.00914. The molecule has 0 aliphatic carbocycles.